The highest BCUT2D eigenvalue weighted by Gasteiger charge is 2.34. The lowest BCUT2D eigenvalue weighted by Gasteiger charge is -2.41. The van der Waals surface area contributed by atoms with Crippen molar-refractivity contribution in [3.8, 4) is 5.75 Å². The Hall–Kier alpha value is -2.44. The van der Waals surface area contributed by atoms with Crippen LogP contribution in [0.1, 0.15) is 48.0 Å². The van der Waals surface area contributed by atoms with Gasteiger partial charge in [0.05, 0.1) is 12.1 Å². The molecule has 4 rings (SSSR count). The summed E-state index contributed by atoms with van der Waals surface area (Å²) in [5, 5.41) is 0. The number of hydrogen-bond acceptors (Lipinski definition) is 4. The molecule has 6 heteroatoms. The Bertz CT molecular complexity index is 906. The van der Waals surface area contributed by atoms with Crippen molar-refractivity contribution in [1.82, 2.24) is 9.80 Å². The molecule has 0 spiro atoms. The zero-order chi connectivity index (χ0) is 22.3. The SMILES string of the molecule is CO[C@@H]1CCCN2C(=O)c3cccc(c3)OCCN(Cc3ccccc3F)CCCC[C@H]12. The van der Waals surface area contributed by atoms with E-state index >= 15 is 0 Å². The average Bonchev–Trinajstić information content (AvgIpc) is 2.82. The van der Waals surface area contributed by atoms with Gasteiger partial charge in [-0.25, -0.2) is 4.39 Å². The molecule has 0 radical (unpaired) electrons. The number of benzene rings is 2. The lowest BCUT2D eigenvalue weighted by molar-refractivity contribution is -0.0156. The molecule has 0 N–H and O–H groups in total. The van der Waals surface area contributed by atoms with Crippen molar-refractivity contribution in [3.63, 3.8) is 0 Å². The first-order valence-corrected chi connectivity index (χ1v) is 11.7. The van der Waals surface area contributed by atoms with Crippen LogP contribution in [0.25, 0.3) is 0 Å². The highest BCUT2D eigenvalue weighted by molar-refractivity contribution is 5.95. The summed E-state index contributed by atoms with van der Waals surface area (Å²) in [6.45, 7) is 3.36. The van der Waals surface area contributed by atoms with Crippen molar-refractivity contribution in [2.24, 2.45) is 0 Å². The van der Waals surface area contributed by atoms with Crippen LogP contribution in [0.15, 0.2) is 48.5 Å². The Balaban J connectivity index is 1.54. The Morgan fingerprint density at radius 1 is 1.03 bits per heavy atom. The van der Waals surface area contributed by atoms with Gasteiger partial charge < -0.3 is 14.4 Å². The first-order valence-electron chi connectivity index (χ1n) is 11.7. The summed E-state index contributed by atoms with van der Waals surface area (Å²) in [7, 11) is 1.74. The molecule has 1 amide bonds. The van der Waals surface area contributed by atoms with E-state index in [1.54, 1.807) is 13.2 Å². The van der Waals surface area contributed by atoms with Crippen molar-refractivity contribution in [3.05, 3.63) is 65.5 Å². The van der Waals surface area contributed by atoms with Gasteiger partial charge in [0, 0.05) is 37.9 Å². The summed E-state index contributed by atoms with van der Waals surface area (Å²) < 4.78 is 26.0. The van der Waals surface area contributed by atoms with Crippen LogP contribution in [-0.4, -0.2) is 61.2 Å². The van der Waals surface area contributed by atoms with Crippen molar-refractivity contribution in [1.29, 1.82) is 0 Å². The largest absolute Gasteiger partial charge is 0.492 e. The number of piperidine rings is 1. The molecule has 2 heterocycles. The van der Waals surface area contributed by atoms with Gasteiger partial charge in [-0.1, -0.05) is 30.7 Å². The Labute approximate surface area is 190 Å². The molecule has 2 atom stereocenters. The third-order valence-electron chi connectivity index (χ3n) is 6.61. The van der Waals surface area contributed by atoms with Crippen LogP contribution in [0.4, 0.5) is 4.39 Å². The number of hydrogen-bond donors (Lipinski definition) is 0. The first kappa shape index (κ1) is 22.7. The minimum absolute atomic E-state index is 0.0560. The lowest BCUT2D eigenvalue weighted by atomic mass is 9.93. The molecule has 172 valence electrons. The number of carbonyl (C=O) groups excluding carboxylic acids is 1. The molecule has 2 aliphatic rings. The molecule has 2 bridgehead atoms. The number of methoxy groups -OCH3 is 1. The molecule has 0 aromatic heterocycles. The number of halogens is 1. The molecule has 2 aromatic rings. The maximum absolute atomic E-state index is 14.2. The van der Waals surface area contributed by atoms with Crippen LogP contribution in [0, 0.1) is 5.82 Å². The van der Waals surface area contributed by atoms with Gasteiger partial charge in [0.1, 0.15) is 18.2 Å². The summed E-state index contributed by atoms with van der Waals surface area (Å²) in [6, 6.07) is 14.5. The predicted molar refractivity (Wildman–Crippen MR) is 122 cm³/mol. The topological polar surface area (TPSA) is 42.0 Å². The predicted octanol–water partition coefficient (Wildman–Crippen LogP) is 4.51. The monoisotopic (exact) mass is 440 g/mol. The van der Waals surface area contributed by atoms with E-state index in [1.165, 1.54) is 6.07 Å². The molecule has 32 heavy (non-hydrogen) atoms. The molecule has 2 aliphatic heterocycles. The molecule has 0 aliphatic carbocycles. The van der Waals surface area contributed by atoms with Crippen molar-refractivity contribution >= 4 is 5.91 Å². The quantitative estimate of drug-likeness (QED) is 0.704. The fourth-order valence-electron chi connectivity index (χ4n) is 4.89. The van der Waals surface area contributed by atoms with E-state index in [0.29, 0.717) is 36.6 Å². The molecular weight excluding hydrogens is 407 g/mol. The number of fused-ring (bicyclic) bond motifs is 3. The van der Waals surface area contributed by atoms with Gasteiger partial charge in [-0.3, -0.25) is 9.69 Å². The minimum atomic E-state index is -0.167. The van der Waals surface area contributed by atoms with Crippen molar-refractivity contribution < 1.29 is 18.7 Å². The normalized spacial score (nSPS) is 23.2. The van der Waals surface area contributed by atoms with E-state index in [1.807, 2.05) is 41.3 Å². The molecule has 0 unspecified atom stereocenters. The van der Waals surface area contributed by atoms with Crippen LogP contribution in [-0.2, 0) is 11.3 Å². The molecule has 0 saturated carbocycles. The van der Waals surface area contributed by atoms with E-state index in [-0.39, 0.29) is 23.9 Å². The van der Waals surface area contributed by atoms with Crippen LogP contribution in [0.5, 0.6) is 5.75 Å². The molecule has 1 saturated heterocycles. The second-order valence-electron chi connectivity index (χ2n) is 8.72. The third-order valence-corrected chi connectivity index (χ3v) is 6.61. The van der Waals surface area contributed by atoms with Crippen LogP contribution in [0.3, 0.4) is 0 Å². The molecule has 5 nitrogen and oxygen atoms in total. The molecule has 2 aromatic carbocycles. The third kappa shape index (κ3) is 5.48. The fraction of sp³-hybridized carbons (Fsp3) is 0.500. The zero-order valence-corrected chi connectivity index (χ0v) is 18.8. The molecular formula is C26H33FN2O3. The van der Waals surface area contributed by atoms with E-state index in [4.69, 9.17) is 9.47 Å². The van der Waals surface area contributed by atoms with E-state index < -0.39 is 0 Å². The highest BCUT2D eigenvalue weighted by atomic mass is 19.1. The second-order valence-corrected chi connectivity index (χ2v) is 8.72. The van der Waals surface area contributed by atoms with Gasteiger partial charge >= 0.3 is 0 Å². The van der Waals surface area contributed by atoms with Crippen molar-refractivity contribution in [2.45, 2.75) is 50.8 Å². The lowest BCUT2D eigenvalue weighted by Crippen LogP contribution is -2.51. The van der Waals surface area contributed by atoms with Crippen LogP contribution in [0.2, 0.25) is 0 Å². The van der Waals surface area contributed by atoms with Gasteiger partial charge in [-0.2, -0.15) is 0 Å². The van der Waals surface area contributed by atoms with Gasteiger partial charge in [0.2, 0.25) is 0 Å². The second kappa shape index (κ2) is 10.9. The Kier molecular flexibility index (Phi) is 7.76. The summed E-state index contributed by atoms with van der Waals surface area (Å²) in [5.74, 6) is 0.580. The van der Waals surface area contributed by atoms with Crippen LogP contribution >= 0.6 is 0 Å². The van der Waals surface area contributed by atoms with Crippen LogP contribution < -0.4 is 4.74 Å². The van der Waals surface area contributed by atoms with E-state index in [0.717, 1.165) is 45.2 Å². The number of ether oxygens (including phenoxy) is 2. The summed E-state index contributed by atoms with van der Waals surface area (Å²) in [5.41, 5.74) is 1.36. The maximum atomic E-state index is 14.2. The number of nitrogens with zero attached hydrogens (tertiary/aromatic N) is 2. The standard InChI is InChI=1S/C26H33FN2O3/c1-31-25-13-7-15-29-24(25)12-4-5-14-28(19-21-8-2-3-11-23(21)27)16-17-32-22-10-6-9-20(18-22)26(29)30/h2-3,6,8-11,18,24-25H,4-5,7,12-17,19H2,1H3/t24-,25-/m1/s1. The smallest absolute Gasteiger partial charge is 0.254 e. The average molecular weight is 441 g/mol. The van der Waals surface area contributed by atoms with E-state index in [2.05, 4.69) is 4.90 Å². The Morgan fingerprint density at radius 3 is 2.75 bits per heavy atom. The first-order chi connectivity index (χ1) is 15.7. The van der Waals surface area contributed by atoms with Gasteiger partial charge in [-0.05, 0) is 56.5 Å². The van der Waals surface area contributed by atoms with Crippen molar-refractivity contribution in [2.75, 3.05) is 33.4 Å². The number of rotatable bonds is 3. The highest BCUT2D eigenvalue weighted by Crippen LogP contribution is 2.27. The summed E-state index contributed by atoms with van der Waals surface area (Å²) in [6.07, 6.45) is 4.88. The van der Waals surface area contributed by atoms with Gasteiger partial charge in [0.25, 0.3) is 5.91 Å². The summed E-state index contributed by atoms with van der Waals surface area (Å²) >= 11 is 0. The fourth-order valence-corrected chi connectivity index (χ4v) is 4.89. The summed E-state index contributed by atoms with van der Waals surface area (Å²) in [4.78, 5) is 17.6. The van der Waals surface area contributed by atoms with Gasteiger partial charge in [-0.15, -0.1) is 0 Å². The van der Waals surface area contributed by atoms with Gasteiger partial charge in [0.15, 0.2) is 0 Å². The number of amides is 1. The van der Waals surface area contributed by atoms with E-state index in [9.17, 15) is 9.18 Å². The minimum Gasteiger partial charge on any atom is -0.492 e. The number of carbonyl (C=O) groups is 1. The zero-order valence-electron chi connectivity index (χ0n) is 18.8. The maximum Gasteiger partial charge on any atom is 0.254 e. The Morgan fingerprint density at radius 2 is 1.91 bits per heavy atom. The molecule has 1 fully saturated rings.